The van der Waals surface area contributed by atoms with E-state index in [9.17, 15) is 14.4 Å². The highest BCUT2D eigenvalue weighted by atomic mass is 16.4. The van der Waals surface area contributed by atoms with Crippen LogP contribution in [0, 0.1) is 5.92 Å². The number of carboxylic acid groups (broad SMARTS) is 1. The molecule has 1 aromatic carbocycles. The molecule has 0 unspecified atom stereocenters. The van der Waals surface area contributed by atoms with E-state index in [1.54, 1.807) is 0 Å². The molecule has 23 heavy (non-hydrogen) atoms. The number of carbonyl (C=O) groups is 3. The van der Waals surface area contributed by atoms with Gasteiger partial charge in [-0.1, -0.05) is 44.2 Å². The lowest BCUT2D eigenvalue weighted by molar-refractivity contribution is -0.141. The second-order valence-electron chi connectivity index (χ2n) is 6.17. The van der Waals surface area contributed by atoms with E-state index in [0.717, 1.165) is 5.56 Å². The summed E-state index contributed by atoms with van der Waals surface area (Å²) in [6.07, 6.45) is 0.215. The first-order valence-corrected chi connectivity index (χ1v) is 7.78. The van der Waals surface area contributed by atoms with Crippen LogP contribution in [-0.2, 0) is 16.0 Å². The average molecular weight is 318 g/mol. The van der Waals surface area contributed by atoms with E-state index in [4.69, 9.17) is 5.11 Å². The molecule has 6 nitrogen and oxygen atoms in total. The molecule has 6 heteroatoms. The van der Waals surface area contributed by atoms with Gasteiger partial charge in [0, 0.05) is 13.1 Å². The fourth-order valence-corrected chi connectivity index (χ4v) is 2.75. The van der Waals surface area contributed by atoms with Crippen LogP contribution in [0.3, 0.4) is 0 Å². The third kappa shape index (κ3) is 4.09. The van der Waals surface area contributed by atoms with E-state index in [1.165, 1.54) is 9.80 Å². The van der Waals surface area contributed by atoms with Gasteiger partial charge in [-0.05, 0) is 17.9 Å². The smallest absolute Gasteiger partial charge is 0.327 e. The molecular formula is C17H22N2O4. The molecule has 124 valence electrons. The lowest BCUT2D eigenvalue weighted by Crippen LogP contribution is -2.39. The first-order valence-electron chi connectivity index (χ1n) is 7.78. The van der Waals surface area contributed by atoms with Gasteiger partial charge in [-0.3, -0.25) is 14.5 Å². The Balaban J connectivity index is 2.11. The Labute approximate surface area is 135 Å². The molecule has 1 aliphatic heterocycles. The first kappa shape index (κ1) is 17.0. The number of nitrogens with zero attached hydrogens (tertiary/aromatic N) is 2. The highest BCUT2D eigenvalue weighted by Gasteiger charge is 2.45. The molecule has 1 aromatic rings. The number of urea groups is 1. The molecule has 0 aromatic heterocycles. The van der Waals surface area contributed by atoms with Crippen LogP contribution in [-0.4, -0.2) is 51.9 Å². The molecule has 1 N–H and O–H groups in total. The molecule has 2 rings (SSSR count). The van der Waals surface area contributed by atoms with Crippen LogP contribution in [0.5, 0.6) is 0 Å². The van der Waals surface area contributed by atoms with Gasteiger partial charge < -0.3 is 10.0 Å². The molecule has 0 radical (unpaired) electrons. The predicted molar refractivity (Wildman–Crippen MR) is 84.8 cm³/mol. The van der Waals surface area contributed by atoms with E-state index in [-0.39, 0.29) is 24.9 Å². The molecule has 1 fully saturated rings. The molecule has 0 saturated carbocycles. The Morgan fingerprint density at radius 3 is 2.43 bits per heavy atom. The molecule has 0 spiro atoms. The maximum Gasteiger partial charge on any atom is 0.327 e. The van der Waals surface area contributed by atoms with Crippen LogP contribution in [0.15, 0.2) is 30.3 Å². The van der Waals surface area contributed by atoms with E-state index in [1.807, 2.05) is 44.2 Å². The van der Waals surface area contributed by atoms with Gasteiger partial charge in [0.25, 0.3) is 5.91 Å². The standard InChI is InChI=1S/C17H22N2O4/c1-12(2)11-19-14(10-15(20)21)16(22)18(17(19)23)9-8-13-6-4-3-5-7-13/h3-7,12,14H,8-11H2,1-2H3,(H,20,21)/t14-/m0/s1. The number of carbonyl (C=O) groups excluding carboxylic acids is 2. The summed E-state index contributed by atoms with van der Waals surface area (Å²) in [6.45, 7) is 4.52. The van der Waals surface area contributed by atoms with Crippen molar-refractivity contribution in [3.63, 3.8) is 0 Å². The van der Waals surface area contributed by atoms with E-state index in [0.29, 0.717) is 13.0 Å². The molecule has 1 saturated heterocycles. The van der Waals surface area contributed by atoms with Crippen molar-refractivity contribution in [1.82, 2.24) is 9.80 Å². The number of hydrogen-bond donors (Lipinski definition) is 1. The van der Waals surface area contributed by atoms with Crippen molar-refractivity contribution in [2.45, 2.75) is 32.7 Å². The van der Waals surface area contributed by atoms with Crippen molar-refractivity contribution >= 4 is 17.9 Å². The van der Waals surface area contributed by atoms with Gasteiger partial charge in [0.1, 0.15) is 6.04 Å². The maximum atomic E-state index is 12.5. The highest BCUT2D eigenvalue weighted by Crippen LogP contribution is 2.22. The minimum absolute atomic E-state index is 0.164. The molecule has 1 atom stereocenters. The summed E-state index contributed by atoms with van der Waals surface area (Å²) in [5.74, 6) is -1.32. The van der Waals surface area contributed by atoms with Crippen molar-refractivity contribution in [3.05, 3.63) is 35.9 Å². The van der Waals surface area contributed by atoms with Crippen LogP contribution in [0.4, 0.5) is 4.79 Å². The highest BCUT2D eigenvalue weighted by molar-refractivity contribution is 6.05. The zero-order valence-corrected chi connectivity index (χ0v) is 13.4. The Kier molecular flexibility index (Phi) is 5.36. The Hall–Kier alpha value is -2.37. The van der Waals surface area contributed by atoms with Crippen LogP contribution in [0.2, 0.25) is 0 Å². The zero-order valence-electron chi connectivity index (χ0n) is 13.4. The molecule has 0 aliphatic carbocycles. The fourth-order valence-electron chi connectivity index (χ4n) is 2.75. The van der Waals surface area contributed by atoms with Gasteiger partial charge in [0.05, 0.1) is 6.42 Å². The van der Waals surface area contributed by atoms with Gasteiger partial charge in [-0.15, -0.1) is 0 Å². The minimum Gasteiger partial charge on any atom is -0.481 e. The Bertz CT molecular complexity index is 586. The summed E-state index contributed by atoms with van der Waals surface area (Å²) in [5.41, 5.74) is 1.03. The van der Waals surface area contributed by atoms with Gasteiger partial charge in [0.15, 0.2) is 0 Å². The largest absolute Gasteiger partial charge is 0.481 e. The van der Waals surface area contributed by atoms with Gasteiger partial charge in [0.2, 0.25) is 0 Å². The van der Waals surface area contributed by atoms with Crippen LogP contribution < -0.4 is 0 Å². The van der Waals surface area contributed by atoms with Crippen molar-refractivity contribution < 1.29 is 19.5 Å². The second-order valence-corrected chi connectivity index (χ2v) is 6.17. The average Bonchev–Trinajstić information content (AvgIpc) is 2.70. The number of imide groups is 1. The quantitative estimate of drug-likeness (QED) is 0.780. The molecule has 3 amide bonds. The lowest BCUT2D eigenvalue weighted by Gasteiger charge is -2.22. The van der Waals surface area contributed by atoms with Gasteiger partial charge in [-0.2, -0.15) is 0 Å². The fraction of sp³-hybridized carbons (Fsp3) is 0.471. The summed E-state index contributed by atoms with van der Waals surface area (Å²) < 4.78 is 0. The van der Waals surface area contributed by atoms with Crippen LogP contribution >= 0.6 is 0 Å². The summed E-state index contributed by atoms with van der Waals surface area (Å²) in [5, 5.41) is 9.02. The van der Waals surface area contributed by atoms with Crippen molar-refractivity contribution in [2.24, 2.45) is 5.92 Å². The van der Waals surface area contributed by atoms with Crippen molar-refractivity contribution in [2.75, 3.05) is 13.1 Å². The number of carboxylic acids is 1. The third-order valence-corrected chi connectivity index (χ3v) is 3.80. The van der Waals surface area contributed by atoms with Crippen molar-refractivity contribution in [1.29, 1.82) is 0 Å². The van der Waals surface area contributed by atoms with Crippen LogP contribution in [0.25, 0.3) is 0 Å². The van der Waals surface area contributed by atoms with Crippen molar-refractivity contribution in [3.8, 4) is 0 Å². The lowest BCUT2D eigenvalue weighted by atomic mass is 10.1. The number of hydrogen-bond acceptors (Lipinski definition) is 3. The number of amides is 3. The summed E-state index contributed by atoms with van der Waals surface area (Å²) in [7, 11) is 0. The second kappa shape index (κ2) is 7.26. The van der Waals surface area contributed by atoms with E-state index >= 15 is 0 Å². The summed E-state index contributed by atoms with van der Waals surface area (Å²) in [4.78, 5) is 38.6. The van der Waals surface area contributed by atoms with E-state index < -0.39 is 17.9 Å². The van der Waals surface area contributed by atoms with Gasteiger partial charge in [-0.25, -0.2) is 4.79 Å². The SMILES string of the molecule is CC(C)CN1C(=O)N(CCc2ccccc2)C(=O)[C@@H]1CC(=O)O. The number of benzene rings is 1. The molecule has 1 aliphatic rings. The van der Waals surface area contributed by atoms with E-state index in [2.05, 4.69) is 0 Å². The zero-order chi connectivity index (χ0) is 17.0. The maximum absolute atomic E-state index is 12.5. The monoisotopic (exact) mass is 318 g/mol. The topological polar surface area (TPSA) is 77.9 Å². The van der Waals surface area contributed by atoms with Crippen LogP contribution in [0.1, 0.15) is 25.8 Å². The molecule has 1 heterocycles. The Morgan fingerprint density at radius 1 is 1.22 bits per heavy atom. The normalized spacial score (nSPS) is 18.1. The molecular weight excluding hydrogens is 296 g/mol. The molecule has 0 bridgehead atoms. The summed E-state index contributed by atoms with van der Waals surface area (Å²) >= 11 is 0. The predicted octanol–water partition coefficient (Wildman–Crippen LogP) is 1.99. The Morgan fingerprint density at radius 2 is 1.87 bits per heavy atom. The third-order valence-electron chi connectivity index (χ3n) is 3.80. The minimum atomic E-state index is -1.07. The summed E-state index contributed by atoms with van der Waals surface area (Å²) in [6, 6.07) is 8.31. The number of aliphatic carboxylic acids is 1. The van der Waals surface area contributed by atoms with Gasteiger partial charge >= 0.3 is 12.0 Å². The number of rotatable bonds is 7. The first-order chi connectivity index (χ1) is 10.9.